The molecule has 0 aliphatic carbocycles. The molecule has 1 aliphatic rings. The minimum atomic E-state index is -0.570. The molecule has 2 atom stereocenters. The maximum Gasteiger partial charge on any atom is 0.251 e. The summed E-state index contributed by atoms with van der Waals surface area (Å²) >= 11 is 0. The van der Waals surface area contributed by atoms with Crippen molar-refractivity contribution in [3.05, 3.63) is 65.7 Å². The number of benzene rings is 2. The van der Waals surface area contributed by atoms with Crippen LogP contribution in [0.4, 0.5) is 5.69 Å². The van der Waals surface area contributed by atoms with Gasteiger partial charge in [0.1, 0.15) is 6.04 Å². The molecule has 3 rings (SSSR count). The second-order valence-corrected chi connectivity index (χ2v) is 8.72. The number of nitrogens with zero attached hydrogens (tertiary/aromatic N) is 2. The van der Waals surface area contributed by atoms with Crippen molar-refractivity contribution in [3.63, 3.8) is 0 Å². The van der Waals surface area contributed by atoms with Crippen molar-refractivity contribution in [3.8, 4) is 0 Å². The Hall–Kier alpha value is -3.19. The smallest absolute Gasteiger partial charge is 0.251 e. The maximum atomic E-state index is 13.3. The molecule has 0 unspecified atom stereocenters. The van der Waals surface area contributed by atoms with E-state index in [4.69, 9.17) is 0 Å². The molecule has 0 bridgehead atoms. The number of amides is 3. The van der Waals surface area contributed by atoms with Gasteiger partial charge in [0.2, 0.25) is 11.8 Å². The van der Waals surface area contributed by atoms with Crippen LogP contribution < -0.4 is 10.6 Å². The highest BCUT2D eigenvalue weighted by Gasteiger charge is 2.32. The third kappa shape index (κ3) is 6.89. The predicted octanol–water partition coefficient (Wildman–Crippen LogP) is 2.92. The summed E-state index contributed by atoms with van der Waals surface area (Å²) < 4.78 is 0. The normalized spacial score (nSPS) is 16.0. The van der Waals surface area contributed by atoms with Crippen LogP contribution in [0.1, 0.15) is 36.2 Å². The van der Waals surface area contributed by atoms with Crippen molar-refractivity contribution in [2.45, 2.75) is 33.2 Å². The number of rotatable bonds is 8. The van der Waals surface area contributed by atoms with Crippen LogP contribution in [0.25, 0.3) is 0 Å². The first-order valence-electron chi connectivity index (χ1n) is 11.6. The van der Waals surface area contributed by atoms with Crippen LogP contribution in [0.2, 0.25) is 0 Å². The number of nitrogens with one attached hydrogen (secondary N) is 2. The molecule has 1 heterocycles. The van der Waals surface area contributed by atoms with Crippen LogP contribution in [0, 0.1) is 12.8 Å². The molecule has 2 aromatic carbocycles. The molecular weight excluding hydrogens is 416 g/mol. The third-order valence-electron chi connectivity index (χ3n) is 6.19. The van der Waals surface area contributed by atoms with Crippen molar-refractivity contribution in [1.29, 1.82) is 0 Å². The lowest BCUT2D eigenvalue weighted by Crippen LogP contribution is -2.57. The fraction of sp³-hybridized carbons (Fsp3) is 0.423. The highest BCUT2D eigenvalue weighted by molar-refractivity contribution is 5.97. The van der Waals surface area contributed by atoms with Gasteiger partial charge in [-0.1, -0.05) is 56.2 Å². The highest BCUT2D eigenvalue weighted by Crippen LogP contribution is 2.15. The van der Waals surface area contributed by atoms with E-state index in [9.17, 15) is 14.4 Å². The Morgan fingerprint density at radius 2 is 1.58 bits per heavy atom. The number of carbonyl (C=O) groups is 3. The van der Waals surface area contributed by atoms with Gasteiger partial charge in [0.05, 0.1) is 6.54 Å². The average molecular weight is 451 g/mol. The predicted molar refractivity (Wildman–Crippen MR) is 130 cm³/mol. The number of hydrogen-bond donors (Lipinski definition) is 2. The summed E-state index contributed by atoms with van der Waals surface area (Å²) in [6.07, 6.45) is 0.782. The summed E-state index contributed by atoms with van der Waals surface area (Å²) in [5.41, 5.74) is 2.47. The largest absolute Gasteiger partial charge is 0.340 e. The summed E-state index contributed by atoms with van der Waals surface area (Å²) in [4.78, 5) is 42.2. The quantitative estimate of drug-likeness (QED) is 0.648. The lowest BCUT2D eigenvalue weighted by Gasteiger charge is -2.37. The molecular formula is C26H34N4O3. The van der Waals surface area contributed by atoms with E-state index in [1.807, 2.05) is 68.1 Å². The minimum Gasteiger partial charge on any atom is -0.340 e. The molecule has 3 amide bonds. The van der Waals surface area contributed by atoms with Gasteiger partial charge >= 0.3 is 0 Å². The van der Waals surface area contributed by atoms with Crippen LogP contribution >= 0.6 is 0 Å². The summed E-state index contributed by atoms with van der Waals surface area (Å²) in [5, 5.41) is 5.87. The highest BCUT2D eigenvalue weighted by atomic mass is 16.2. The van der Waals surface area contributed by atoms with Crippen LogP contribution in [0.5, 0.6) is 0 Å². The van der Waals surface area contributed by atoms with E-state index in [1.165, 1.54) is 0 Å². The third-order valence-corrected chi connectivity index (χ3v) is 6.19. The van der Waals surface area contributed by atoms with Gasteiger partial charge in [0.25, 0.3) is 5.91 Å². The van der Waals surface area contributed by atoms with Gasteiger partial charge in [-0.05, 0) is 37.1 Å². The average Bonchev–Trinajstić information content (AvgIpc) is 2.84. The Bertz CT molecular complexity index is 938. The van der Waals surface area contributed by atoms with Crippen molar-refractivity contribution in [1.82, 2.24) is 15.1 Å². The standard InChI is InChI=1S/C26H34N4O3/c1-4-20(3)24(28-25(32)21-8-6-5-7-9-21)26(33)30-16-14-29(15-17-30)18-23(31)27-22-12-10-19(2)11-13-22/h5-13,20,24H,4,14-18H2,1-3H3,(H,27,31)(H,28,32)/t20-,24+/m0/s1. The number of aryl methyl sites for hydroxylation is 1. The summed E-state index contributed by atoms with van der Waals surface area (Å²) in [6, 6.07) is 16.1. The van der Waals surface area contributed by atoms with Crippen LogP contribution in [-0.2, 0) is 9.59 Å². The topological polar surface area (TPSA) is 81.8 Å². The molecule has 176 valence electrons. The number of carbonyl (C=O) groups excluding carboxylic acids is 3. The molecule has 1 saturated heterocycles. The van der Waals surface area contributed by atoms with Gasteiger partial charge < -0.3 is 15.5 Å². The molecule has 1 fully saturated rings. The SMILES string of the molecule is CC[C@H](C)[C@@H](NC(=O)c1ccccc1)C(=O)N1CCN(CC(=O)Nc2ccc(C)cc2)CC1. The Labute approximate surface area is 196 Å². The zero-order chi connectivity index (χ0) is 23.8. The van der Waals surface area contributed by atoms with Crippen molar-refractivity contribution in [2.75, 3.05) is 38.0 Å². The number of anilines is 1. The van der Waals surface area contributed by atoms with Gasteiger partial charge in [-0.15, -0.1) is 0 Å². The van der Waals surface area contributed by atoms with Gasteiger partial charge in [-0.3, -0.25) is 19.3 Å². The molecule has 7 nitrogen and oxygen atoms in total. The fourth-order valence-corrected chi connectivity index (χ4v) is 3.86. The van der Waals surface area contributed by atoms with Gasteiger partial charge in [0.15, 0.2) is 0 Å². The zero-order valence-electron chi connectivity index (χ0n) is 19.7. The molecule has 0 radical (unpaired) electrons. The van der Waals surface area contributed by atoms with Crippen LogP contribution in [-0.4, -0.2) is 66.3 Å². The molecule has 2 aromatic rings. The van der Waals surface area contributed by atoms with Gasteiger partial charge in [0, 0.05) is 37.4 Å². The number of piperazine rings is 1. The first-order chi connectivity index (χ1) is 15.9. The second kappa shape index (κ2) is 11.6. The van der Waals surface area contributed by atoms with E-state index < -0.39 is 6.04 Å². The van der Waals surface area contributed by atoms with Crippen molar-refractivity contribution < 1.29 is 14.4 Å². The van der Waals surface area contributed by atoms with E-state index in [1.54, 1.807) is 17.0 Å². The monoisotopic (exact) mass is 450 g/mol. The van der Waals surface area contributed by atoms with E-state index in [2.05, 4.69) is 10.6 Å². The Morgan fingerprint density at radius 3 is 2.18 bits per heavy atom. The van der Waals surface area contributed by atoms with E-state index in [-0.39, 0.29) is 30.2 Å². The Kier molecular flexibility index (Phi) is 8.60. The Balaban J connectivity index is 1.52. The van der Waals surface area contributed by atoms with Crippen molar-refractivity contribution >= 4 is 23.4 Å². The fourth-order valence-electron chi connectivity index (χ4n) is 3.86. The van der Waals surface area contributed by atoms with Crippen molar-refractivity contribution in [2.24, 2.45) is 5.92 Å². The zero-order valence-corrected chi connectivity index (χ0v) is 19.7. The summed E-state index contributed by atoms with van der Waals surface area (Å²) in [7, 11) is 0. The number of hydrogen-bond acceptors (Lipinski definition) is 4. The van der Waals surface area contributed by atoms with E-state index in [0.717, 1.165) is 17.7 Å². The molecule has 1 aliphatic heterocycles. The lowest BCUT2D eigenvalue weighted by atomic mass is 9.97. The van der Waals surface area contributed by atoms with Gasteiger partial charge in [-0.2, -0.15) is 0 Å². The van der Waals surface area contributed by atoms with Crippen LogP contribution in [0.3, 0.4) is 0 Å². The maximum absolute atomic E-state index is 13.3. The van der Waals surface area contributed by atoms with Crippen LogP contribution in [0.15, 0.2) is 54.6 Å². The first-order valence-corrected chi connectivity index (χ1v) is 11.6. The lowest BCUT2D eigenvalue weighted by molar-refractivity contribution is -0.136. The summed E-state index contributed by atoms with van der Waals surface area (Å²) in [5.74, 6) is -0.340. The molecule has 7 heteroatoms. The molecule has 0 spiro atoms. The molecule has 2 N–H and O–H groups in total. The molecule has 0 saturated carbocycles. The minimum absolute atomic E-state index is 0.0171. The summed E-state index contributed by atoms with van der Waals surface area (Å²) in [6.45, 7) is 8.60. The van der Waals surface area contributed by atoms with E-state index >= 15 is 0 Å². The molecule has 33 heavy (non-hydrogen) atoms. The first kappa shape index (κ1) is 24.5. The van der Waals surface area contributed by atoms with Gasteiger partial charge in [-0.25, -0.2) is 0 Å². The van der Waals surface area contributed by atoms with E-state index in [0.29, 0.717) is 31.7 Å². The Morgan fingerprint density at radius 1 is 0.939 bits per heavy atom. The molecule has 0 aromatic heterocycles. The second-order valence-electron chi connectivity index (χ2n) is 8.72.